The lowest BCUT2D eigenvalue weighted by Crippen LogP contribution is -2.39. The first-order valence-corrected chi connectivity index (χ1v) is 6.27. The highest BCUT2D eigenvalue weighted by Crippen LogP contribution is 2.33. The number of aryl methyl sites for hydroxylation is 1. The van der Waals surface area contributed by atoms with E-state index >= 15 is 0 Å². The number of aromatic amines is 1. The predicted molar refractivity (Wildman–Crippen MR) is 70.4 cm³/mol. The van der Waals surface area contributed by atoms with Crippen LogP contribution in [0.1, 0.15) is 22.9 Å². The number of alkyl halides is 3. The lowest BCUT2D eigenvalue weighted by atomic mass is 10.0. The summed E-state index contributed by atoms with van der Waals surface area (Å²) in [7, 11) is 0. The van der Waals surface area contributed by atoms with Crippen molar-refractivity contribution in [2.45, 2.75) is 25.6 Å². The van der Waals surface area contributed by atoms with Gasteiger partial charge in [-0.05, 0) is 18.6 Å². The number of nitrogens with one attached hydrogen (secondary N) is 2. The van der Waals surface area contributed by atoms with E-state index in [1.54, 1.807) is 13.0 Å². The topological polar surface area (TPSA) is 57.8 Å². The van der Waals surface area contributed by atoms with Crippen LogP contribution in [0.15, 0.2) is 36.5 Å². The molecule has 21 heavy (non-hydrogen) atoms. The van der Waals surface area contributed by atoms with Gasteiger partial charge in [0.15, 0.2) is 6.04 Å². The van der Waals surface area contributed by atoms with Crippen LogP contribution in [-0.4, -0.2) is 22.3 Å². The summed E-state index contributed by atoms with van der Waals surface area (Å²) in [6, 6.07) is 5.51. The van der Waals surface area contributed by atoms with Crippen molar-refractivity contribution in [3.8, 4) is 0 Å². The molecule has 0 aliphatic carbocycles. The molecule has 1 heterocycles. The van der Waals surface area contributed by atoms with Crippen LogP contribution in [0.5, 0.6) is 0 Å². The van der Waals surface area contributed by atoms with E-state index in [9.17, 15) is 18.0 Å². The molecule has 1 amide bonds. The van der Waals surface area contributed by atoms with E-state index in [1.807, 2.05) is 5.32 Å². The maximum absolute atomic E-state index is 13.1. The summed E-state index contributed by atoms with van der Waals surface area (Å²) in [5.41, 5.74) is 1.17. The maximum atomic E-state index is 13.1. The molecule has 112 valence electrons. The number of aromatic nitrogens is 2. The number of carbonyl (C=O) groups excluding carboxylic acids is 1. The normalized spacial score (nSPS) is 13.0. The van der Waals surface area contributed by atoms with Gasteiger partial charge in [0.25, 0.3) is 0 Å². The number of H-pyrrole nitrogens is 1. The van der Waals surface area contributed by atoms with Crippen molar-refractivity contribution in [2.24, 2.45) is 0 Å². The van der Waals surface area contributed by atoms with Gasteiger partial charge in [-0.15, -0.1) is 0 Å². The predicted octanol–water partition coefficient (Wildman–Crippen LogP) is 2.68. The van der Waals surface area contributed by atoms with Gasteiger partial charge in [-0.25, -0.2) is 0 Å². The van der Waals surface area contributed by atoms with Crippen LogP contribution in [0.2, 0.25) is 0 Å². The number of hydrogen-bond acceptors (Lipinski definition) is 2. The molecule has 0 aliphatic rings. The molecular weight excluding hydrogens is 283 g/mol. The van der Waals surface area contributed by atoms with Gasteiger partial charge >= 0.3 is 6.18 Å². The third-order valence-corrected chi connectivity index (χ3v) is 2.92. The summed E-state index contributed by atoms with van der Waals surface area (Å²) < 4.78 is 39.4. The van der Waals surface area contributed by atoms with E-state index < -0.39 is 18.1 Å². The maximum Gasteiger partial charge on any atom is 0.412 e. The second kappa shape index (κ2) is 5.99. The second-order valence-corrected chi connectivity index (χ2v) is 4.71. The summed E-state index contributed by atoms with van der Waals surface area (Å²) in [5, 5.41) is 8.21. The average Bonchev–Trinajstić information content (AvgIpc) is 2.87. The Morgan fingerprint density at radius 3 is 2.71 bits per heavy atom. The molecule has 0 bridgehead atoms. The molecule has 2 N–H and O–H groups in total. The van der Waals surface area contributed by atoms with Gasteiger partial charge in [0.05, 0.1) is 6.42 Å². The van der Waals surface area contributed by atoms with Gasteiger partial charge in [0.2, 0.25) is 5.91 Å². The van der Waals surface area contributed by atoms with Crippen molar-refractivity contribution >= 4 is 5.91 Å². The van der Waals surface area contributed by atoms with E-state index in [0.29, 0.717) is 11.3 Å². The van der Waals surface area contributed by atoms with Crippen LogP contribution >= 0.6 is 0 Å². The van der Waals surface area contributed by atoms with Crippen molar-refractivity contribution in [3.05, 3.63) is 53.3 Å². The molecule has 7 heteroatoms. The fourth-order valence-corrected chi connectivity index (χ4v) is 1.97. The van der Waals surface area contributed by atoms with Gasteiger partial charge in [0, 0.05) is 11.9 Å². The Labute approximate surface area is 119 Å². The van der Waals surface area contributed by atoms with Crippen molar-refractivity contribution in [3.63, 3.8) is 0 Å². The van der Waals surface area contributed by atoms with E-state index in [0.717, 1.165) is 0 Å². The molecule has 1 aromatic heterocycles. The summed E-state index contributed by atoms with van der Waals surface area (Å²) in [6.07, 6.45) is -3.31. The minimum atomic E-state index is -4.56. The van der Waals surface area contributed by atoms with Crippen LogP contribution in [0.4, 0.5) is 13.2 Å². The minimum Gasteiger partial charge on any atom is -0.340 e. The van der Waals surface area contributed by atoms with Crippen LogP contribution in [0.25, 0.3) is 0 Å². The Kier molecular flexibility index (Phi) is 4.30. The van der Waals surface area contributed by atoms with Gasteiger partial charge in [-0.1, -0.05) is 29.8 Å². The Hall–Kier alpha value is -2.31. The fraction of sp³-hybridized carbons (Fsp3) is 0.286. The van der Waals surface area contributed by atoms with Crippen LogP contribution in [-0.2, 0) is 11.2 Å². The smallest absolute Gasteiger partial charge is 0.340 e. The number of amides is 1. The summed E-state index contributed by atoms with van der Waals surface area (Å²) in [5.74, 6) is -0.719. The van der Waals surface area contributed by atoms with Gasteiger partial charge in [0.1, 0.15) is 0 Å². The van der Waals surface area contributed by atoms with E-state index in [1.165, 1.54) is 30.5 Å². The lowest BCUT2D eigenvalue weighted by molar-refractivity contribution is -0.163. The van der Waals surface area contributed by atoms with Crippen molar-refractivity contribution < 1.29 is 18.0 Å². The molecule has 0 fully saturated rings. The van der Waals surface area contributed by atoms with Crippen LogP contribution < -0.4 is 5.32 Å². The highest BCUT2D eigenvalue weighted by Gasteiger charge is 2.41. The van der Waals surface area contributed by atoms with Gasteiger partial charge in [-0.3, -0.25) is 9.89 Å². The van der Waals surface area contributed by atoms with Crippen molar-refractivity contribution in [2.75, 3.05) is 0 Å². The molecule has 0 saturated heterocycles. The molecular formula is C14H14F3N3O. The number of nitrogens with zero attached hydrogens (tertiary/aromatic N) is 1. The molecule has 0 spiro atoms. The lowest BCUT2D eigenvalue weighted by Gasteiger charge is -2.22. The van der Waals surface area contributed by atoms with E-state index in [2.05, 4.69) is 10.2 Å². The minimum absolute atomic E-state index is 0.0143. The van der Waals surface area contributed by atoms with Crippen molar-refractivity contribution in [1.29, 1.82) is 0 Å². The number of halogens is 3. The number of benzene rings is 1. The Bertz CT molecular complexity index is 608. The Balaban J connectivity index is 2.16. The van der Waals surface area contributed by atoms with Gasteiger partial charge < -0.3 is 5.32 Å². The molecule has 0 saturated carbocycles. The first kappa shape index (κ1) is 15.1. The SMILES string of the molecule is Cc1cccc([C@H](NC(=O)Cc2ccn[nH]2)C(F)(F)F)c1. The van der Waals surface area contributed by atoms with E-state index in [-0.39, 0.29) is 12.0 Å². The van der Waals surface area contributed by atoms with Crippen LogP contribution in [0.3, 0.4) is 0 Å². The third kappa shape index (κ3) is 4.08. The molecule has 2 rings (SSSR count). The van der Waals surface area contributed by atoms with Gasteiger partial charge in [-0.2, -0.15) is 18.3 Å². The van der Waals surface area contributed by atoms with E-state index in [4.69, 9.17) is 0 Å². The molecule has 1 atom stereocenters. The first-order chi connectivity index (χ1) is 9.86. The quantitative estimate of drug-likeness (QED) is 0.911. The number of hydrogen-bond donors (Lipinski definition) is 2. The highest BCUT2D eigenvalue weighted by atomic mass is 19.4. The summed E-state index contributed by atoms with van der Waals surface area (Å²) >= 11 is 0. The average molecular weight is 297 g/mol. The highest BCUT2D eigenvalue weighted by molar-refractivity contribution is 5.78. The summed E-state index contributed by atoms with van der Waals surface area (Å²) in [6.45, 7) is 1.70. The third-order valence-electron chi connectivity index (χ3n) is 2.92. The number of carbonyl (C=O) groups is 1. The fourth-order valence-electron chi connectivity index (χ4n) is 1.97. The molecule has 1 aromatic carbocycles. The Morgan fingerprint density at radius 1 is 1.38 bits per heavy atom. The molecule has 2 aromatic rings. The molecule has 0 unspecified atom stereocenters. The molecule has 4 nitrogen and oxygen atoms in total. The zero-order valence-electron chi connectivity index (χ0n) is 11.2. The standard InChI is InChI=1S/C14H14F3N3O/c1-9-3-2-4-10(7-9)13(14(15,16)17)19-12(21)8-11-5-6-18-20-11/h2-7,13H,8H2,1H3,(H,18,20)(H,19,21)/t13-/m0/s1. The first-order valence-electron chi connectivity index (χ1n) is 6.27. The zero-order chi connectivity index (χ0) is 15.5. The zero-order valence-corrected chi connectivity index (χ0v) is 11.2. The Morgan fingerprint density at radius 2 is 2.14 bits per heavy atom. The monoisotopic (exact) mass is 297 g/mol. The second-order valence-electron chi connectivity index (χ2n) is 4.71. The number of rotatable bonds is 4. The van der Waals surface area contributed by atoms with Crippen molar-refractivity contribution in [1.82, 2.24) is 15.5 Å². The molecule has 0 aliphatic heterocycles. The largest absolute Gasteiger partial charge is 0.412 e. The summed E-state index contributed by atoms with van der Waals surface area (Å²) in [4.78, 5) is 11.8. The van der Waals surface area contributed by atoms with Crippen LogP contribution in [0, 0.1) is 6.92 Å². The molecule has 0 radical (unpaired) electrons.